The van der Waals surface area contributed by atoms with E-state index in [1.807, 2.05) is 34.6 Å². The van der Waals surface area contributed by atoms with Crippen LogP contribution in [0, 0.1) is 23.7 Å². The highest BCUT2D eigenvalue weighted by molar-refractivity contribution is 5.98. The van der Waals surface area contributed by atoms with E-state index >= 15 is 0 Å². The number of hydrogen-bond donors (Lipinski definition) is 12. The van der Waals surface area contributed by atoms with E-state index in [1.165, 1.54) is 0 Å². The summed E-state index contributed by atoms with van der Waals surface area (Å²) in [5.74, 6) is -8.31. The predicted molar refractivity (Wildman–Crippen MR) is 274 cm³/mol. The van der Waals surface area contributed by atoms with Gasteiger partial charge in [-0.05, 0) is 101 Å². The lowest BCUT2D eigenvalue weighted by atomic mass is 9.89. The van der Waals surface area contributed by atoms with E-state index in [0.29, 0.717) is 12.0 Å². The van der Waals surface area contributed by atoms with E-state index in [1.54, 1.807) is 30.3 Å². The zero-order valence-electron chi connectivity index (χ0n) is 43.3. The molecule has 1 fully saturated rings. The molecule has 16 N–H and O–H groups in total. The highest BCUT2D eigenvalue weighted by atomic mass is 16.3. The molecule has 1 heterocycles. The zero-order valence-corrected chi connectivity index (χ0v) is 43.3. The Hall–Kier alpha value is -5.35. The molecule has 0 saturated carbocycles. The van der Waals surface area contributed by atoms with E-state index < -0.39 is 120 Å². The molecule has 1 aromatic rings. The summed E-state index contributed by atoms with van der Waals surface area (Å²) in [5, 5.41) is 29.6. The van der Waals surface area contributed by atoms with E-state index in [4.69, 9.17) is 22.9 Å². The van der Waals surface area contributed by atoms with Crippen molar-refractivity contribution >= 4 is 52.9 Å². The van der Waals surface area contributed by atoms with Gasteiger partial charge in [-0.1, -0.05) is 84.2 Å². The molecule has 1 aromatic carbocycles. The molecular weight excluding hydrogens is 927 g/mol. The van der Waals surface area contributed by atoms with Crippen LogP contribution in [0.5, 0.6) is 0 Å². The van der Waals surface area contributed by atoms with Crippen molar-refractivity contribution in [1.82, 2.24) is 37.2 Å². The van der Waals surface area contributed by atoms with Gasteiger partial charge in [-0.3, -0.25) is 43.2 Å². The Balaban J connectivity index is 2.71. The number of Topliss-reactive ketones (excluding diaryl/α,β-unsaturated/α-hetero) is 2. The Labute approximate surface area is 425 Å². The fraction of sp³-hybridized carbons (Fsp3) is 0.706. The molecule has 0 aliphatic carbocycles. The van der Waals surface area contributed by atoms with Crippen LogP contribution in [0.15, 0.2) is 30.3 Å². The second-order valence-corrected chi connectivity index (χ2v) is 19.9. The van der Waals surface area contributed by atoms with Crippen molar-refractivity contribution in [3.63, 3.8) is 0 Å². The predicted octanol–water partition coefficient (Wildman–Crippen LogP) is -0.373. The summed E-state index contributed by atoms with van der Waals surface area (Å²) >= 11 is 0. The Bertz CT molecular complexity index is 1890. The van der Waals surface area contributed by atoms with Gasteiger partial charge in [-0.25, -0.2) is 0 Å². The summed E-state index contributed by atoms with van der Waals surface area (Å²) in [6, 6.07) is 1.80. The molecule has 7 amide bonds. The molecule has 2 rings (SSSR count). The van der Waals surface area contributed by atoms with Crippen LogP contribution < -0.4 is 60.2 Å². The van der Waals surface area contributed by atoms with Crippen molar-refractivity contribution in [3.05, 3.63) is 35.9 Å². The number of carbonyl (C=O) groups excluding carboxylic acids is 9. The third kappa shape index (κ3) is 23.5. The lowest BCUT2D eigenvalue weighted by molar-refractivity contribution is -0.136. The maximum atomic E-state index is 14.4. The summed E-state index contributed by atoms with van der Waals surface area (Å²) in [6.07, 6.45) is 1.08. The summed E-state index contributed by atoms with van der Waals surface area (Å²) in [7, 11) is 0. The third-order valence-electron chi connectivity index (χ3n) is 12.5. The number of aliphatic hydroxyl groups excluding tert-OH is 1. The first kappa shape index (κ1) is 62.8. The lowest BCUT2D eigenvalue weighted by Gasteiger charge is -2.28. The van der Waals surface area contributed by atoms with Crippen molar-refractivity contribution in [2.45, 2.75) is 173 Å². The van der Waals surface area contributed by atoms with Gasteiger partial charge in [0, 0.05) is 31.2 Å². The number of hydrogen-bond acceptors (Lipinski definition) is 14. The molecule has 0 aromatic heterocycles. The molecule has 21 heteroatoms. The molecule has 406 valence electrons. The number of rotatable bonds is 24. The molecule has 0 radical (unpaired) electrons. The number of aliphatic hydroxyl groups is 1. The Morgan fingerprint density at radius 2 is 1.14 bits per heavy atom. The topological polar surface area (TPSA) is 362 Å². The molecule has 1 aliphatic heterocycles. The number of nitrogens with two attached hydrogens (primary N) is 4. The number of benzene rings is 1. The molecular formula is C51H87N11O10. The number of unbranched alkanes of at least 4 members (excludes halogenated alkanes) is 2. The van der Waals surface area contributed by atoms with Crippen molar-refractivity contribution < 1.29 is 48.3 Å². The van der Waals surface area contributed by atoms with Crippen molar-refractivity contribution in [2.24, 2.45) is 46.6 Å². The van der Waals surface area contributed by atoms with Crippen LogP contribution in [0.1, 0.15) is 130 Å². The first-order chi connectivity index (χ1) is 34.3. The van der Waals surface area contributed by atoms with Crippen LogP contribution in [-0.4, -0.2) is 133 Å². The molecule has 0 spiro atoms. The van der Waals surface area contributed by atoms with E-state index in [9.17, 15) is 48.3 Å². The van der Waals surface area contributed by atoms with Crippen LogP contribution in [0.4, 0.5) is 0 Å². The lowest BCUT2D eigenvalue weighted by Crippen LogP contribution is -2.59. The second-order valence-electron chi connectivity index (χ2n) is 19.9. The molecule has 0 bridgehead atoms. The van der Waals surface area contributed by atoms with E-state index in [0.717, 1.165) is 19.3 Å². The van der Waals surface area contributed by atoms with Crippen LogP contribution in [0.2, 0.25) is 0 Å². The second kappa shape index (κ2) is 34.1. The highest BCUT2D eigenvalue weighted by Crippen LogP contribution is 2.19. The fourth-order valence-electron chi connectivity index (χ4n) is 8.58. The van der Waals surface area contributed by atoms with Gasteiger partial charge in [0.05, 0.1) is 24.6 Å². The highest BCUT2D eigenvalue weighted by Gasteiger charge is 2.36. The number of nitrogens with one attached hydrogen (secondary N) is 7. The Morgan fingerprint density at radius 3 is 1.68 bits per heavy atom. The molecule has 0 unspecified atom stereocenters. The summed E-state index contributed by atoms with van der Waals surface area (Å²) < 4.78 is 0. The summed E-state index contributed by atoms with van der Waals surface area (Å²) in [4.78, 5) is 126. The normalized spacial score (nSPS) is 23.5. The standard InChI is InChI=1S/C51H87N11O10/c1-6-7-9-14-36(63)30-45(66)57-37(15-20-52)43(64)28-34-19-24-56-48(69)41(25-31(2)3)62-50(71)40(18-23-55)59-49(70)39(17-22-54)60-51(72)42(26-32(4)5)61-47(68)35(27-33-12-10-8-11-13-33)29-44(65)38(16-21-53)58-46(34)67/h8,10-13,31-32,34-42,63H,6-7,9,14-30,52-55H2,1-5H3,(H,56,69)(H,57,66)(H,58,67)(H,59,70)(H,60,72)(H,61,68)(H,62,71)/t34-,35+,36-,37+,38+,39+,40+,41+,42+/m1/s1. The maximum Gasteiger partial charge on any atom is 0.243 e. The van der Waals surface area contributed by atoms with Gasteiger partial charge in [0.1, 0.15) is 24.2 Å². The first-order valence-corrected chi connectivity index (χ1v) is 25.9. The average Bonchev–Trinajstić information content (AvgIpc) is 3.31. The molecule has 9 atom stereocenters. The summed E-state index contributed by atoms with van der Waals surface area (Å²) in [6.45, 7) is 9.10. The average molecular weight is 1010 g/mol. The van der Waals surface area contributed by atoms with Crippen LogP contribution in [0.25, 0.3) is 0 Å². The zero-order chi connectivity index (χ0) is 53.8. The molecule has 1 saturated heterocycles. The quantitative estimate of drug-likeness (QED) is 0.0588. The number of carbonyl (C=O) groups is 9. The van der Waals surface area contributed by atoms with E-state index in [-0.39, 0.29) is 102 Å². The van der Waals surface area contributed by atoms with Gasteiger partial charge in [-0.15, -0.1) is 0 Å². The molecule has 72 heavy (non-hydrogen) atoms. The smallest absolute Gasteiger partial charge is 0.243 e. The van der Waals surface area contributed by atoms with Crippen molar-refractivity contribution in [2.75, 3.05) is 32.7 Å². The minimum atomic E-state index is -1.24. The first-order valence-electron chi connectivity index (χ1n) is 25.9. The SMILES string of the molecule is CCCCC[C@@H](O)CC(=O)N[C@@H](CCN)C(=O)C[C@H]1CCNC(=O)[C@H](CC(C)C)NC(=O)[C@H](CCN)NC(=O)[C@H](CCN)NC(=O)[C@H](CC(C)C)NC(=O)[C@@H](Cc2ccccc2)CC(=O)[C@H](CCN)NC1=O. The van der Waals surface area contributed by atoms with Crippen LogP contribution >= 0.6 is 0 Å². The minimum Gasteiger partial charge on any atom is -0.393 e. The van der Waals surface area contributed by atoms with Crippen molar-refractivity contribution in [3.8, 4) is 0 Å². The summed E-state index contributed by atoms with van der Waals surface area (Å²) in [5.41, 5.74) is 24.4. The van der Waals surface area contributed by atoms with Gasteiger partial charge >= 0.3 is 0 Å². The number of ketones is 2. The van der Waals surface area contributed by atoms with Crippen LogP contribution in [0.3, 0.4) is 0 Å². The van der Waals surface area contributed by atoms with Crippen LogP contribution in [-0.2, 0) is 49.6 Å². The largest absolute Gasteiger partial charge is 0.393 e. The fourth-order valence-corrected chi connectivity index (χ4v) is 8.58. The van der Waals surface area contributed by atoms with E-state index in [2.05, 4.69) is 37.2 Å². The maximum absolute atomic E-state index is 14.4. The van der Waals surface area contributed by atoms with Gasteiger partial charge in [0.15, 0.2) is 11.6 Å². The van der Waals surface area contributed by atoms with Gasteiger partial charge < -0.3 is 65.3 Å². The third-order valence-corrected chi connectivity index (χ3v) is 12.5. The van der Waals surface area contributed by atoms with Gasteiger partial charge in [0.25, 0.3) is 0 Å². The number of amides is 7. The Kier molecular flexibility index (Phi) is 29.8. The molecule has 1 aliphatic rings. The van der Waals surface area contributed by atoms with Gasteiger partial charge in [-0.2, -0.15) is 0 Å². The molecule has 21 nitrogen and oxygen atoms in total. The van der Waals surface area contributed by atoms with Crippen molar-refractivity contribution in [1.29, 1.82) is 0 Å². The Morgan fingerprint density at radius 1 is 0.639 bits per heavy atom. The monoisotopic (exact) mass is 1010 g/mol. The van der Waals surface area contributed by atoms with Gasteiger partial charge in [0.2, 0.25) is 41.4 Å². The minimum absolute atomic E-state index is 0.00338.